The van der Waals surface area contributed by atoms with E-state index in [0.717, 1.165) is 22.2 Å². The lowest BCUT2D eigenvalue weighted by Crippen LogP contribution is -2.49. The summed E-state index contributed by atoms with van der Waals surface area (Å²) >= 11 is 0. The Morgan fingerprint density at radius 1 is 0.897 bits per heavy atom. The molecule has 0 spiro atoms. The molecule has 0 amide bonds. The van der Waals surface area contributed by atoms with Gasteiger partial charge in [-0.15, -0.1) is 10.8 Å². The van der Waals surface area contributed by atoms with Crippen LogP contribution in [-0.4, -0.2) is 64.1 Å². The molecule has 0 atom stereocenters. The molecule has 0 bridgehead atoms. The first kappa shape index (κ1) is 32.6. The monoisotopic (exact) mass is 555 g/mol. The first-order valence-corrected chi connectivity index (χ1v) is 15.2. The molecular weight excluding hydrogens is 506 g/mol. The van der Waals surface area contributed by atoms with E-state index in [0.29, 0.717) is 17.9 Å². The zero-order valence-corrected chi connectivity index (χ0v) is 26.1. The van der Waals surface area contributed by atoms with Crippen molar-refractivity contribution in [1.82, 2.24) is 14.6 Å². The number of aliphatic imine (C=N–C) groups is 1. The Labute approximate surface area is 237 Å². The number of hydrogen-bond donors (Lipinski definition) is 3. The summed E-state index contributed by atoms with van der Waals surface area (Å²) in [5.74, 6) is 0. The highest BCUT2D eigenvalue weighted by Gasteiger charge is 2.42. The fourth-order valence-electron chi connectivity index (χ4n) is 3.81. The average molecular weight is 556 g/mol. The number of fused-ring (bicyclic) bond motifs is 1. The van der Waals surface area contributed by atoms with Crippen LogP contribution in [0.1, 0.15) is 60.1 Å². The van der Waals surface area contributed by atoms with Crippen molar-refractivity contribution in [1.29, 1.82) is 0 Å². The molecule has 2 aromatic carbocycles. The third kappa shape index (κ3) is 8.42. The van der Waals surface area contributed by atoms with Crippen molar-refractivity contribution in [3.05, 3.63) is 66.5 Å². The van der Waals surface area contributed by atoms with E-state index in [1.165, 1.54) is 12.8 Å². The summed E-state index contributed by atoms with van der Waals surface area (Å²) in [6.07, 6.45) is 6.92. The molecule has 39 heavy (non-hydrogen) atoms. The van der Waals surface area contributed by atoms with E-state index < -0.39 is 10.8 Å². The van der Waals surface area contributed by atoms with Crippen molar-refractivity contribution in [3.63, 3.8) is 0 Å². The second kappa shape index (κ2) is 14.1. The zero-order valence-electron chi connectivity index (χ0n) is 25.3. The predicted octanol–water partition coefficient (Wildman–Crippen LogP) is 7.48. The van der Waals surface area contributed by atoms with Gasteiger partial charge in [-0.1, -0.05) is 57.0 Å². The van der Waals surface area contributed by atoms with Crippen LogP contribution in [-0.2, 0) is 6.42 Å². The van der Waals surface area contributed by atoms with Gasteiger partial charge in [0, 0.05) is 62.5 Å². The van der Waals surface area contributed by atoms with Crippen LogP contribution < -0.4 is 9.62 Å². The molecule has 1 aliphatic rings. The normalized spacial score (nSPS) is 15.7. The zero-order chi connectivity index (χ0) is 29.3. The van der Waals surface area contributed by atoms with Crippen LogP contribution in [0.5, 0.6) is 0 Å². The first-order valence-electron chi connectivity index (χ1n) is 13.7. The Morgan fingerprint density at radius 3 is 2.03 bits per heavy atom. The Bertz CT molecular complexity index is 1190. The molecule has 1 aliphatic heterocycles. The molecule has 0 saturated heterocycles. The quantitative estimate of drug-likeness (QED) is 0.280. The van der Waals surface area contributed by atoms with Gasteiger partial charge in [0.25, 0.3) is 0 Å². The second-order valence-electron chi connectivity index (χ2n) is 11.0. The van der Waals surface area contributed by atoms with Gasteiger partial charge in [0.1, 0.15) is 0 Å². The van der Waals surface area contributed by atoms with Crippen LogP contribution in [0, 0.1) is 0 Å². The van der Waals surface area contributed by atoms with Gasteiger partial charge in [-0.2, -0.15) is 0 Å². The number of pyridine rings is 1. The number of rotatable bonds is 7. The molecule has 8 heteroatoms. The first-order chi connectivity index (χ1) is 18.3. The molecule has 0 aliphatic carbocycles. The van der Waals surface area contributed by atoms with Crippen LogP contribution in [0.15, 0.2) is 70.7 Å². The number of unbranched alkanes of at least 4 members (excludes halogenated alkanes) is 1. The summed E-state index contributed by atoms with van der Waals surface area (Å²) < 4.78 is 24.3. The minimum atomic E-state index is -3.10. The van der Waals surface area contributed by atoms with Crippen LogP contribution in [0.25, 0.3) is 10.8 Å². The topological polar surface area (TPSA) is 84.2 Å². The number of likely N-dealkylation sites (N-methyl/N-ethyl adjacent to an activating group) is 1. The summed E-state index contributed by atoms with van der Waals surface area (Å²) in [6, 6.07) is 17.2. The van der Waals surface area contributed by atoms with Crippen molar-refractivity contribution < 1.29 is 9.11 Å². The number of benzene rings is 2. The average Bonchev–Trinajstić information content (AvgIpc) is 3.10. The molecule has 0 radical (unpaired) electrons. The van der Waals surface area contributed by atoms with E-state index in [1.807, 2.05) is 73.9 Å². The highest BCUT2D eigenvalue weighted by molar-refractivity contribution is 8.22. The summed E-state index contributed by atoms with van der Waals surface area (Å²) in [5.41, 5.74) is 2.18. The summed E-state index contributed by atoms with van der Waals surface area (Å²) in [6.45, 7) is 13.5. The van der Waals surface area contributed by atoms with Gasteiger partial charge in [0.2, 0.25) is 0 Å². The Morgan fingerprint density at radius 2 is 1.54 bits per heavy atom. The standard InChI is InChI=1S/C19H23N3O2S.C8H16N2.C4H10/c1-22(2)18-10-5-9-17-16(18)8-6-11-19(17)25(23,24)21-14-12-15-7-3-4-13-20-15;1-7(2)8(3,4)10(5)6-9-7;1-3-4-2/h3-11,13,21,23-24H,12,14H2,1-2H3;6H,1-5H3;3-4H2,1-2H3. The van der Waals surface area contributed by atoms with Gasteiger partial charge >= 0.3 is 0 Å². The highest BCUT2D eigenvalue weighted by atomic mass is 32.3. The van der Waals surface area contributed by atoms with E-state index in [2.05, 4.69) is 68.2 Å². The third-order valence-corrected chi connectivity index (χ3v) is 9.07. The van der Waals surface area contributed by atoms with Crippen LogP contribution in [0.3, 0.4) is 0 Å². The van der Waals surface area contributed by atoms with E-state index in [4.69, 9.17) is 0 Å². The summed E-state index contributed by atoms with van der Waals surface area (Å²) in [4.78, 5) is 13.4. The Balaban J connectivity index is 0.000000315. The lowest BCUT2D eigenvalue weighted by molar-refractivity contribution is 0.188. The van der Waals surface area contributed by atoms with Crippen molar-refractivity contribution in [2.75, 3.05) is 32.6 Å². The Kier molecular flexibility index (Phi) is 11.8. The van der Waals surface area contributed by atoms with Crippen LogP contribution in [0.4, 0.5) is 5.69 Å². The largest absolute Gasteiger partial charge is 0.377 e. The maximum Gasteiger partial charge on any atom is 0.0860 e. The van der Waals surface area contributed by atoms with Crippen LogP contribution >= 0.6 is 10.8 Å². The maximum absolute atomic E-state index is 10.7. The molecule has 1 aromatic heterocycles. The molecule has 0 saturated carbocycles. The minimum absolute atomic E-state index is 0.0573. The molecule has 3 aromatic rings. The molecule has 0 unspecified atom stereocenters. The predicted molar refractivity (Wildman–Crippen MR) is 170 cm³/mol. The van der Waals surface area contributed by atoms with Crippen molar-refractivity contribution in [2.24, 2.45) is 4.99 Å². The van der Waals surface area contributed by atoms with E-state index in [-0.39, 0.29) is 11.1 Å². The van der Waals surface area contributed by atoms with Gasteiger partial charge in [-0.25, -0.2) is 4.72 Å². The fraction of sp³-hybridized carbons (Fsp3) is 0.484. The molecule has 7 nitrogen and oxygen atoms in total. The number of aromatic nitrogens is 1. The fourth-order valence-corrected chi connectivity index (χ4v) is 5.11. The number of nitrogens with zero attached hydrogens (tertiary/aromatic N) is 4. The number of hydrogen-bond acceptors (Lipinski definition) is 7. The molecule has 4 rings (SSSR count). The molecule has 0 fully saturated rings. The van der Waals surface area contributed by atoms with Gasteiger partial charge < -0.3 is 9.80 Å². The number of anilines is 1. The molecular formula is C31H49N5O2S. The lowest BCUT2D eigenvalue weighted by Gasteiger charge is -2.38. The van der Waals surface area contributed by atoms with E-state index in [9.17, 15) is 9.11 Å². The Hall–Kier alpha value is -2.65. The van der Waals surface area contributed by atoms with E-state index in [1.54, 1.807) is 12.3 Å². The summed E-state index contributed by atoms with van der Waals surface area (Å²) in [7, 11) is 2.93. The summed E-state index contributed by atoms with van der Waals surface area (Å²) in [5, 5.41) is 1.84. The molecule has 3 N–H and O–H groups in total. The second-order valence-corrected chi connectivity index (χ2v) is 12.8. The molecule has 2 heterocycles. The SMILES string of the molecule is CCCC.CN(C)c1cccc2c(S(O)(O)NCCc3ccccn3)cccc12.CN1C=NC(C)(C)C1(C)C. The maximum atomic E-state index is 10.7. The van der Waals surface area contributed by atoms with E-state index >= 15 is 0 Å². The molecule has 216 valence electrons. The highest BCUT2D eigenvalue weighted by Crippen LogP contribution is 2.48. The van der Waals surface area contributed by atoms with Crippen LogP contribution in [0.2, 0.25) is 0 Å². The van der Waals surface area contributed by atoms with Gasteiger partial charge in [-0.05, 0) is 52.0 Å². The van der Waals surface area contributed by atoms with Gasteiger partial charge in [-0.3, -0.25) is 19.1 Å². The van der Waals surface area contributed by atoms with Crippen molar-refractivity contribution >= 4 is 33.6 Å². The van der Waals surface area contributed by atoms with Crippen molar-refractivity contribution in [2.45, 2.75) is 76.8 Å². The van der Waals surface area contributed by atoms with Crippen molar-refractivity contribution in [3.8, 4) is 0 Å². The number of nitrogens with one attached hydrogen (secondary N) is 1. The lowest BCUT2D eigenvalue weighted by atomic mass is 9.84. The third-order valence-electron chi connectivity index (χ3n) is 7.49. The van der Waals surface area contributed by atoms with Gasteiger partial charge in [0.15, 0.2) is 0 Å². The van der Waals surface area contributed by atoms with Gasteiger partial charge in [0.05, 0.1) is 22.3 Å². The minimum Gasteiger partial charge on any atom is -0.377 e. The smallest absolute Gasteiger partial charge is 0.0860 e.